The highest BCUT2D eigenvalue weighted by Crippen LogP contribution is 2.28. The fourth-order valence-electron chi connectivity index (χ4n) is 3.19. The van der Waals surface area contributed by atoms with Crippen LogP contribution in [-0.2, 0) is 25.1 Å². The van der Waals surface area contributed by atoms with Gasteiger partial charge in [0, 0.05) is 0 Å². The minimum Gasteiger partial charge on any atom is -0.465 e. The molecule has 0 fully saturated rings. The molecule has 0 aliphatic heterocycles. The third-order valence-electron chi connectivity index (χ3n) is 5.29. The van der Waals surface area contributed by atoms with E-state index in [1.807, 2.05) is 6.92 Å². The third-order valence-corrected chi connectivity index (χ3v) is 6.09. The summed E-state index contributed by atoms with van der Waals surface area (Å²) in [5.74, 6) is -0.480. The number of carbonyl (C=O) groups is 1. The number of ether oxygens (including phenoxy) is 1. The lowest BCUT2D eigenvalue weighted by Gasteiger charge is -2.20. The molecule has 2 atom stereocenters. The van der Waals surface area contributed by atoms with E-state index < -0.39 is 15.9 Å². The van der Waals surface area contributed by atoms with Gasteiger partial charge < -0.3 is 4.74 Å². The van der Waals surface area contributed by atoms with Gasteiger partial charge in [0.2, 0.25) is 0 Å². The van der Waals surface area contributed by atoms with Gasteiger partial charge in [-0.05, 0) is 54.6 Å². The predicted molar refractivity (Wildman–Crippen MR) is 122 cm³/mol. The highest BCUT2D eigenvalue weighted by atomic mass is 32.2. The highest BCUT2D eigenvalue weighted by Gasteiger charge is 2.15. The van der Waals surface area contributed by atoms with Crippen LogP contribution in [0.2, 0.25) is 0 Å². The maximum atomic E-state index is 11.9. The first-order chi connectivity index (χ1) is 13.9. The standard InChI is InChI=1S/C24H38O5S/c1-6-20(21-13-15-22(16-14-21)24(3,4)5)12-9-7-8-11-19(2)23(25)29-17-10-18-30(26,27)28/h7,9,13-16,19-20H,6,8,10-12,17-18H2,1-5H3,(H,26,27,28). The van der Waals surface area contributed by atoms with Crippen LogP contribution in [0.1, 0.15) is 83.8 Å². The first-order valence-corrected chi connectivity index (χ1v) is 12.4. The molecule has 0 amide bonds. The minimum absolute atomic E-state index is 0.00495. The average molecular weight is 439 g/mol. The lowest BCUT2D eigenvalue weighted by Crippen LogP contribution is -2.17. The van der Waals surface area contributed by atoms with Crippen molar-refractivity contribution in [1.29, 1.82) is 0 Å². The van der Waals surface area contributed by atoms with Crippen LogP contribution in [0.25, 0.3) is 0 Å². The largest absolute Gasteiger partial charge is 0.465 e. The second kappa shape index (κ2) is 12.3. The van der Waals surface area contributed by atoms with Gasteiger partial charge in [0.1, 0.15) is 0 Å². The Labute approximate surface area is 182 Å². The second-order valence-corrected chi connectivity index (χ2v) is 10.5. The van der Waals surface area contributed by atoms with E-state index >= 15 is 0 Å². The minimum atomic E-state index is -4.00. The summed E-state index contributed by atoms with van der Waals surface area (Å²) in [6.07, 6.45) is 7.94. The summed E-state index contributed by atoms with van der Waals surface area (Å²) < 4.78 is 35.0. The molecule has 6 heteroatoms. The van der Waals surface area contributed by atoms with Crippen LogP contribution in [0.15, 0.2) is 36.4 Å². The predicted octanol–water partition coefficient (Wildman–Crippen LogP) is 5.66. The molecule has 0 aliphatic rings. The van der Waals surface area contributed by atoms with E-state index in [0.717, 1.165) is 19.3 Å². The van der Waals surface area contributed by atoms with Gasteiger partial charge in [-0.25, -0.2) is 0 Å². The van der Waals surface area contributed by atoms with Crippen LogP contribution in [0.3, 0.4) is 0 Å². The molecule has 1 aromatic carbocycles. The summed E-state index contributed by atoms with van der Waals surface area (Å²) in [5.41, 5.74) is 2.86. The Morgan fingerprint density at radius 3 is 2.33 bits per heavy atom. The van der Waals surface area contributed by atoms with E-state index in [-0.39, 0.29) is 30.3 Å². The molecule has 0 aromatic heterocycles. The van der Waals surface area contributed by atoms with Gasteiger partial charge in [0.25, 0.3) is 10.1 Å². The van der Waals surface area contributed by atoms with Crippen LogP contribution < -0.4 is 0 Å². The van der Waals surface area contributed by atoms with Crippen molar-refractivity contribution in [2.45, 2.75) is 78.1 Å². The van der Waals surface area contributed by atoms with Gasteiger partial charge in [-0.1, -0.05) is 71.0 Å². The van der Waals surface area contributed by atoms with Crippen molar-refractivity contribution in [3.05, 3.63) is 47.5 Å². The lowest BCUT2D eigenvalue weighted by atomic mass is 9.84. The Kier molecular flexibility index (Phi) is 10.8. The summed E-state index contributed by atoms with van der Waals surface area (Å²) in [6, 6.07) is 8.93. The van der Waals surface area contributed by atoms with Gasteiger partial charge >= 0.3 is 5.97 Å². The van der Waals surface area contributed by atoms with E-state index in [0.29, 0.717) is 12.3 Å². The molecule has 170 valence electrons. The first kappa shape index (κ1) is 26.4. The number of esters is 1. The molecule has 0 heterocycles. The third kappa shape index (κ3) is 10.4. The molecule has 0 saturated carbocycles. The quantitative estimate of drug-likeness (QED) is 0.197. The average Bonchev–Trinajstić information content (AvgIpc) is 2.66. The molecular formula is C24H38O5S. The van der Waals surface area contributed by atoms with Crippen LogP contribution >= 0.6 is 0 Å². The monoisotopic (exact) mass is 438 g/mol. The summed E-state index contributed by atoms with van der Waals surface area (Å²) in [4.78, 5) is 11.9. The van der Waals surface area contributed by atoms with E-state index in [4.69, 9.17) is 9.29 Å². The Morgan fingerprint density at radius 1 is 1.17 bits per heavy atom. The van der Waals surface area contributed by atoms with E-state index in [1.165, 1.54) is 11.1 Å². The van der Waals surface area contributed by atoms with Crippen molar-refractivity contribution < 1.29 is 22.5 Å². The molecule has 1 N–H and O–H groups in total. The molecule has 0 saturated heterocycles. The maximum absolute atomic E-state index is 11.9. The molecule has 5 nitrogen and oxygen atoms in total. The first-order valence-electron chi connectivity index (χ1n) is 10.8. The number of hydrogen-bond acceptors (Lipinski definition) is 4. The van der Waals surface area contributed by atoms with Gasteiger partial charge in [-0.2, -0.15) is 8.42 Å². The summed E-state index contributed by atoms with van der Waals surface area (Å²) in [7, 11) is -4.00. The SMILES string of the molecule is CCC(CC=CCCC(C)C(=O)OCCCS(=O)(=O)O)c1ccc(C(C)(C)C)cc1. The molecule has 1 aromatic rings. The van der Waals surface area contributed by atoms with Crippen LogP contribution in [-0.4, -0.2) is 31.3 Å². The molecule has 0 spiro atoms. The molecule has 1 rings (SSSR count). The van der Waals surface area contributed by atoms with Gasteiger partial charge in [0.05, 0.1) is 18.3 Å². The molecule has 0 aliphatic carbocycles. The zero-order valence-corrected chi connectivity index (χ0v) is 19.9. The van der Waals surface area contributed by atoms with Gasteiger partial charge in [-0.3, -0.25) is 9.35 Å². The van der Waals surface area contributed by atoms with Crippen molar-refractivity contribution in [3.63, 3.8) is 0 Å². The Hall–Kier alpha value is -1.66. The maximum Gasteiger partial charge on any atom is 0.308 e. The summed E-state index contributed by atoms with van der Waals surface area (Å²) in [5, 5.41) is 0. The molecule has 0 radical (unpaired) electrons. The van der Waals surface area contributed by atoms with Crippen molar-refractivity contribution in [2.24, 2.45) is 5.92 Å². The smallest absolute Gasteiger partial charge is 0.308 e. The zero-order valence-electron chi connectivity index (χ0n) is 19.1. The van der Waals surface area contributed by atoms with Crippen LogP contribution in [0.5, 0.6) is 0 Å². The van der Waals surface area contributed by atoms with Crippen molar-refractivity contribution in [1.82, 2.24) is 0 Å². The van der Waals surface area contributed by atoms with Gasteiger partial charge in [0.15, 0.2) is 0 Å². The number of benzene rings is 1. The number of allylic oxidation sites excluding steroid dienone is 2. The fourth-order valence-corrected chi connectivity index (χ4v) is 3.68. The van der Waals surface area contributed by atoms with Crippen molar-refractivity contribution in [2.75, 3.05) is 12.4 Å². The lowest BCUT2D eigenvalue weighted by molar-refractivity contribution is -0.148. The number of rotatable bonds is 12. The van der Waals surface area contributed by atoms with E-state index in [1.54, 1.807) is 0 Å². The van der Waals surface area contributed by atoms with Crippen LogP contribution in [0.4, 0.5) is 0 Å². The van der Waals surface area contributed by atoms with Crippen molar-refractivity contribution in [3.8, 4) is 0 Å². The Balaban J connectivity index is 2.38. The Morgan fingerprint density at radius 2 is 1.80 bits per heavy atom. The molecule has 0 bridgehead atoms. The van der Waals surface area contributed by atoms with Crippen molar-refractivity contribution >= 4 is 16.1 Å². The van der Waals surface area contributed by atoms with Gasteiger partial charge in [-0.15, -0.1) is 0 Å². The number of hydrogen-bond donors (Lipinski definition) is 1. The second-order valence-electron chi connectivity index (χ2n) is 8.97. The van der Waals surface area contributed by atoms with E-state index in [2.05, 4.69) is 64.1 Å². The molecular weight excluding hydrogens is 400 g/mol. The summed E-state index contributed by atoms with van der Waals surface area (Å²) >= 11 is 0. The zero-order chi connectivity index (χ0) is 22.8. The molecule has 30 heavy (non-hydrogen) atoms. The normalized spacial score (nSPS) is 14.6. The Bertz CT molecular complexity index is 773. The van der Waals surface area contributed by atoms with E-state index in [9.17, 15) is 13.2 Å². The van der Waals surface area contributed by atoms with Crippen LogP contribution in [0, 0.1) is 5.92 Å². The summed E-state index contributed by atoms with van der Waals surface area (Å²) in [6.45, 7) is 10.7. The molecule has 2 unspecified atom stereocenters. The fraction of sp³-hybridized carbons (Fsp3) is 0.625. The highest BCUT2D eigenvalue weighted by molar-refractivity contribution is 7.85. The topological polar surface area (TPSA) is 80.7 Å². The number of carbonyl (C=O) groups excluding carboxylic acids is 1.